The van der Waals surface area contributed by atoms with Crippen LogP contribution in [-0.2, 0) is 15.9 Å². The van der Waals surface area contributed by atoms with Gasteiger partial charge >= 0.3 is 0 Å². The Hall–Kier alpha value is -0.940. The van der Waals surface area contributed by atoms with E-state index in [1.54, 1.807) is 7.11 Å². The van der Waals surface area contributed by atoms with Crippen molar-refractivity contribution in [2.24, 2.45) is 0 Å². The summed E-state index contributed by atoms with van der Waals surface area (Å²) >= 11 is 0. The van der Waals surface area contributed by atoms with Gasteiger partial charge in [-0.05, 0) is 24.9 Å². The topological polar surface area (TPSA) is 33.7 Å². The van der Waals surface area contributed by atoms with E-state index in [1.165, 1.54) is 18.5 Å². The van der Waals surface area contributed by atoms with Crippen LogP contribution in [0, 0.1) is 0 Å². The molecule has 0 spiro atoms. The van der Waals surface area contributed by atoms with Gasteiger partial charge in [0.2, 0.25) is 0 Å². The summed E-state index contributed by atoms with van der Waals surface area (Å²) in [6.07, 6.45) is 2.39. The van der Waals surface area contributed by atoms with E-state index in [1.807, 2.05) is 0 Å². The normalized spacial score (nSPS) is 19.2. The van der Waals surface area contributed by atoms with Crippen LogP contribution in [0.2, 0.25) is 0 Å². The first kappa shape index (κ1) is 16.4. The fourth-order valence-electron chi connectivity index (χ4n) is 2.71. The molecule has 1 aromatic carbocycles. The Labute approximate surface area is 128 Å². The third-order valence-corrected chi connectivity index (χ3v) is 3.94. The van der Waals surface area contributed by atoms with E-state index < -0.39 is 0 Å². The van der Waals surface area contributed by atoms with Gasteiger partial charge in [0.15, 0.2) is 0 Å². The number of methoxy groups -OCH3 is 1. The van der Waals surface area contributed by atoms with Crippen LogP contribution < -0.4 is 5.32 Å². The molecule has 21 heavy (non-hydrogen) atoms. The molecular weight excluding hydrogens is 264 g/mol. The van der Waals surface area contributed by atoms with Crippen LogP contribution in [0.1, 0.15) is 12.0 Å². The maximum atomic E-state index is 5.46. The molecule has 1 N–H and O–H groups in total. The molecule has 0 bridgehead atoms. The van der Waals surface area contributed by atoms with Crippen LogP contribution in [0.5, 0.6) is 0 Å². The minimum atomic E-state index is 0.617. The highest BCUT2D eigenvalue weighted by atomic mass is 16.5. The molecule has 1 unspecified atom stereocenters. The molecule has 1 fully saturated rings. The lowest BCUT2D eigenvalue weighted by molar-refractivity contribution is 0.0711. The van der Waals surface area contributed by atoms with Gasteiger partial charge in [-0.2, -0.15) is 0 Å². The highest BCUT2D eigenvalue weighted by Gasteiger charge is 2.21. The van der Waals surface area contributed by atoms with Crippen molar-refractivity contribution in [3.05, 3.63) is 35.9 Å². The zero-order valence-electron chi connectivity index (χ0n) is 13.1. The highest BCUT2D eigenvalue weighted by Crippen LogP contribution is 2.10. The molecule has 1 heterocycles. The van der Waals surface area contributed by atoms with Gasteiger partial charge in [0, 0.05) is 32.8 Å². The van der Waals surface area contributed by atoms with Crippen LogP contribution in [0.25, 0.3) is 0 Å². The number of likely N-dealkylation sites (tertiary alicyclic amines) is 1. The van der Waals surface area contributed by atoms with Crippen LogP contribution in [0.4, 0.5) is 0 Å². The number of nitrogens with zero attached hydrogens (tertiary/aromatic N) is 1. The van der Waals surface area contributed by atoms with Crippen molar-refractivity contribution < 1.29 is 9.47 Å². The largest absolute Gasteiger partial charge is 0.382 e. The molecule has 0 amide bonds. The second-order valence-corrected chi connectivity index (χ2v) is 5.58. The average Bonchev–Trinajstić information content (AvgIpc) is 2.98. The molecule has 4 nitrogen and oxygen atoms in total. The van der Waals surface area contributed by atoms with Crippen LogP contribution in [0.3, 0.4) is 0 Å². The molecule has 0 aromatic heterocycles. The summed E-state index contributed by atoms with van der Waals surface area (Å²) in [6.45, 7) is 6.58. The van der Waals surface area contributed by atoms with Crippen molar-refractivity contribution in [2.45, 2.75) is 18.9 Å². The molecule has 1 aliphatic heterocycles. The van der Waals surface area contributed by atoms with Crippen molar-refractivity contribution >= 4 is 0 Å². The Bertz CT molecular complexity index is 372. The van der Waals surface area contributed by atoms with E-state index in [-0.39, 0.29) is 0 Å². The van der Waals surface area contributed by atoms with E-state index in [9.17, 15) is 0 Å². The van der Waals surface area contributed by atoms with Gasteiger partial charge in [-0.15, -0.1) is 0 Å². The summed E-state index contributed by atoms with van der Waals surface area (Å²) in [5.74, 6) is 0. The Balaban J connectivity index is 1.52. The minimum Gasteiger partial charge on any atom is -0.382 e. The van der Waals surface area contributed by atoms with Gasteiger partial charge in [0.1, 0.15) is 0 Å². The lowest BCUT2D eigenvalue weighted by Gasteiger charge is -2.16. The molecule has 1 atom stereocenters. The summed E-state index contributed by atoms with van der Waals surface area (Å²) < 4.78 is 10.4. The second-order valence-electron chi connectivity index (χ2n) is 5.58. The summed E-state index contributed by atoms with van der Waals surface area (Å²) in [7, 11) is 1.70. The maximum absolute atomic E-state index is 5.46. The number of benzene rings is 1. The predicted octanol–water partition coefficient (Wildman–Crippen LogP) is 1.56. The lowest BCUT2D eigenvalue weighted by Crippen LogP contribution is -2.35. The average molecular weight is 292 g/mol. The Kier molecular flexibility index (Phi) is 7.75. The molecule has 1 saturated heterocycles. The molecular formula is C17H28N2O2. The van der Waals surface area contributed by atoms with Crippen molar-refractivity contribution in [3.8, 4) is 0 Å². The fraction of sp³-hybridized carbons (Fsp3) is 0.647. The van der Waals surface area contributed by atoms with E-state index >= 15 is 0 Å². The lowest BCUT2D eigenvalue weighted by atomic mass is 10.1. The molecule has 0 aliphatic carbocycles. The van der Waals surface area contributed by atoms with Crippen LogP contribution in [-0.4, -0.2) is 64.1 Å². The van der Waals surface area contributed by atoms with E-state index in [4.69, 9.17) is 9.47 Å². The molecule has 118 valence electrons. The van der Waals surface area contributed by atoms with E-state index in [2.05, 4.69) is 40.5 Å². The van der Waals surface area contributed by atoms with E-state index in [0.717, 1.165) is 32.7 Å². The fourth-order valence-corrected chi connectivity index (χ4v) is 2.71. The summed E-state index contributed by atoms with van der Waals surface area (Å²) in [6, 6.07) is 11.4. The first-order valence-electron chi connectivity index (χ1n) is 7.95. The quantitative estimate of drug-likeness (QED) is 0.664. The number of hydrogen-bond acceptors (Lipinski definition) is 4. The van der Waals surface area contributed by atoms with Gasteiger partial charge in [-0.1, -0.05) is 30.3 Å². The summed E-state index contributed by atoms with van der Waals surface area (Å²) in [5.41, 5.74) is 1.43. The van der Waals surface area contributed by atoms with Crippen molar-refractivity contribution in [1.82, 2.24) is 10.2 Å². The van der Waals surface area contributed by atoms with Crippen LogP contribution in [0.15, 0.2) is 30.3 Å². The van der Waals surface area contributed by atoms with Crippen LogP contribution >= 0.6 is 0 Å². The number of hydrogen-bond donors (Lipinski definition) is 1. The monoisotopic (exact) mass is 292 g/mol. The standard InChI is InChI=1S/C17H28N2O2/c1-20-13-14-21-12-9-18-17-8-11-19(15-17)10-7-16-5-3-2-4-6-16/h2-6,17-18H,7-15H2,1H3. The van der Waals surface area contributed by atoms with E-state index in [0.29, 0.717) is 19.3 Å². The summed E-state index contributed by atoms with van der Waals surface area (Å²) in [5, 5.41) is 3.58. The third-order valence-electron chi connectivity index (χ3n) is 3.94. The SMILES string of the molecule is COCCOCCNC1CCN(CCc2ccccc2)C1. The minimum absolute atomic E-state index is 0.617. The molecule has 1 aromatic rings. The predicted molar refractivity (Wildman–Crippen MR) is 85.7 cm³/mol. The number of ether oxygens (including phenoxy) is 2. The highest BCUT2D eigenvalue weighted by molar-refractivity contribution is 5.14. The Morgan fingerprint density at radius 2 is 2.05 bits per heavy atom. The first-order valence-corrected chi connectivity index (χ1v) is 7.95. The molecule has 2 rings (SSSR count). The zero-order valence-corrected chi connectivity index (χ0v) is 13.1. The van der Waals surface area contributed by atoms with Gasteiger partial charge in [-0.25, -0.2) is 0 Å². The number of nitrogens with one attached hydrogen (secondary N) is 1. The maximum Gasteiger partial charge on any atom is 0.0700 e. The smallest absolute Gasteiger partial charge is 0.0700 e. The van der Waals surface area contributed by atoms with Gasteiger partial charge in [-0.3, -0.25) is 0 Å². The van der Waals surface area contributed by atoms with Gasteiger partial charge < -0.3 is 19.7 Å². The van der Waals surface area contributed by atoms with Gasteiger partial charge in [0.05, 0.1) is 19.8 Å². The zero-order chi connectivity index (χ0) is 14.8. The molecule has 4 heteroatoms. The van der Waals surface area contributed by atoms with Crippen molar-refractivity contribution in [2.75, 3.05) is 53.1 Å². The molecule has 0 radical (unpaired) electrons. The van der Waals surface area contributed by atoms with Crippen molar-refractivity contribution in [3.63, 3.8) is 0 Å². The first-order chi connectivity index (χ1) is 10.4. The molecule has 1 aliphatic rings. The van der Waals surface area contributed by atoms with Crippen molar-refractivity contribution in [1.29, 1.82) is 0 Å². The third kappa shape index (κ3) is 6.57. The second kappa shape index (κ2) is 9.90. The molecule has 0 saturated carbocycles. The Morgan fingerprint density at radius 3 is 2.86 bits per heavy atom. The Morgan fingerprint density at radius 1 is 1.19 bits per heavy atom. The van der Waals surface area contributed by atoms with Gasteiger partial charge in [0.25, 0.3) is 0 Å². The number of rotatable bonds is 10. The summed E-state index contributed by atoms with van der Waals surface area (Å²) in [4.78, 5) is 2.55.